The minimum atomic E-state index is -4.51. The van der Waals surface area contributed by atoms with E-state index in [4.69, 9.17) is 4.74 Å². The van der Waals surface area contributed by atoms with E-state index in [-0.39, 0.29) is 22.9 Å². The fraction of sp³-hybridized carbons (Fsp3) is 0.353. The average Bonchev–Trinajstić information content (AvgIpc) is 3.16. The molecule has 7 heteroatoms. The molecule has 128 valence electrons. The Morgan fingerprint density at radius 3 is 2.71 bits per heavy atom. The molecule has 0 saturated carbocycles. The number of carboxylic acids is 1. The Morgan fingerprint density at radius 2 is 2.08 bits per heavy atom. The summed E-state index contributed by atoms with van der Waals surface area (Å²) in [5.41, 5.74) is -0.625. The Balaban J connectivity index is 2.08. The number of halogens is 3. The Bertz CT molecular complexity index is 746. The van der Waals surface area contributed by atoms with Gasteiger partial charge in [-0.25, -0.2) is 4.79 Å². The second-order valence-electron chi connectivity index (χ2n) is 5.75. The van der Waals surface area contributed by atoms with Gasteiger partial charge in [0.15, 0.2) is 0 Å². The lowest BCUT2D eigenvalue weighted by Crippen LogP contribution is -2.16. The molecule has 0 radical (unpaired) electrons. The second kappa shape index (κ2) is 6.32. The molecule has 1 N–H and O–H groups in total. The standard InChI is InChI=1S/C17H16F3NO3/c18-17(19,20)14-6-2-1-5-13(14)15-8-11(16(22)23)9-21(15)10-12-4-3-7-24-12/h1-2,5-6,8-9,12H,3-4,7,10H2,(H,22,23). The molecule has 1 fully saturated rings. The van der Waals surface area contributed by atoms with Crippen LogP contribution in [0.15, 0.2) is 36.5 Å². The van der Waals surface area contributed by atoms with E-state index < -0.39 is 17.7 Å². The van der Waals surface area contributed by atoms with Crippen LogP contribution >= 0.6 is 0 Å². The molecule has 0 bridgehead atoms. The third-order valence-electron chi connectivity index (χ3n) is 4.08. The number of aromatic carboxylic acids is 1. The van der Waals surface area contributed by atoms with E-state index in [0.29, 0.717) is 13.2 Å². The van der Waals surface area contributed by atoms with Gasteiger partial charge in [0, 0.05) is 30.6 Å². The molecule has 1 aromatic carbocycles. The van der Waals surface area contributed by atoms with Crippen LogP contribution in [0.5, 0.6) is 0 Å². The van der Waals surface area contributed by atoms with Crippen molar-refractivity contribution in [2.45, 2.75) is 31.7 Å². The molecule has 0 spiro atoms. The first-order valence-corrected chi connectivity index (χ1v) is 7.58. The van der Waals surface area contributed by atoms with E-state index in [2.05, 4.69) is 0 Å². The quantitative estimate of drug-likeness (QED) is 0.914. The number of ether oxygens (including phenoxy) is 1. The second-order valence-corrected chi connectivity index (χ2v) is 5.75. The van der Waals surface area contributed by atoms with Gasteiger partial charge >= 0.3 is 12.1 Å². The fourth-order valence-corrected chi connectivity index (χ4v) is 2.97. The van der Waals surface area contributed by atoms with Crippen molar-refractivity contribution in [3.05, 3.63) is 47.7 Å². The molecule has 2 aromatic rings. The molecule has 1 unspecified atom stereocenters. The molecule has 0 amide bonds. The first-order valence-electron chi connectivity index (χ1n) is 7.58. The lowest BCUT2D eigenvalue weighted by atomic mass is 10.0. The monoisotopic (exact) mass is 339 g/mol. The number of carboxylic acid groups (broad SMARTS) is 1. The molecule has 4 nitrogen and oxygen atoms in total. The van der Waals surface area contributed by atoms with Crippen molar-refractivity contribution >= 4 is 5.97 Å². The Labute approximate surface area is 136 Å². The fourth-order valence-electron chi connectivity index (χ4n) is 2.97. The SMILES string of the molecule is O=C(O)c1cc(-c2ccccc2C(F)(F)F)n(CC2CCCO2)c1. The van der Waals surface area contributed by atoms with Gasteiger partial charge in [-0.15, -0.1) is 0 Å². The maximum absolute atomic E-state index is 13.3. The Kier molecular flexibility index (Phi) is 4.36. The summed E-state index contributed by atoms with van der Waals surface area (Å²) in [5, 5.41) is 9.19. The summed E-state index contributed by atoms with van der Waals surface area (Å²) in [7, 11) is 0. The number of alkyl halides is 3. The summed E-state index contributed by atoms with van der Waals surface area (Å²) in [6, 6.07) is 6.46. The van der Waals surface area contributed by atoms with Crippen LogP contribution < -0.4 is 0 Å². The van der Waals surface area contributed by atoms with Crippen molar-refractivity contribution in [2.24, 2.45) is 0 Å². The maximum atomic E-state index is 13.3. The van der Waals surface area contributed by atoms with Gasteiger partial charge in [0.05, 0.1) is 17.2 Å². The largest absolute Gasteiger partial charge is 0.478 e. The lowest BCUT2D eigenvalue weighted by molar-refractivity contribution is -0.137. The van der Waals surface area contributed by atoms with Crippen molar-refractivity contribution in [1.29, 1.82) is 0 Å². The average molecular weight is 339 g/mol. The zero-order valence-corrected chi connectivity index (χ0v) is 12.7. The van der Waals surface area contributed by atoms with E-state index >= 15 is 0 Å². The Hall–Kier alpha value is -2.28. The van der Waals surface area contributed by atoms with Gasteiger partial charge in [0.1, 0.15) is 0 Å². The highest BCUT2D eigenvalue weighted by molar-refractivity contribution is 5.89. The molecule has 2 heterocycles. The van der Waals surface area contributed by atoms with E-state index in [1.165, 1.54) is 30.5 Å². The minimum absolute atomic E-state index is 0.0319. The van der Waals surface area contributed by atoms with Gasteiger partial charge in [-0.1, -0.05) is 18.2 Å². The zero-order valence-electron chi connectivity index (χ0n) is 12.7. The van der Waals surface area contributed by atoms with Crippen LogP contribution in [-0.2, 0) is 17.5 Å². The Morgan fingerprint density at radius 1 is 1.33 bits per heavy atom. The molecule has 1 aromatic heterocycles. The summed E-state index contributed by atoms with van der Waals surface area (Å²) < 4.78 is 46.9. The summed E-state index contributed by atoms with van der Waals surface area (Å²) in [4.78, 5) is 11.3. The summed E-state index contributed by atoms with van der Waals surface area (Å²) in [5.74, 6) is -1.17. The van der Waals surface area contributed by atoms with Gasteiger partial charge < -0.3 is 14.4 Å². The lowest BCUT2D eigenvalue weighted by Gasteiger charge is -2.17. The van der Waals surface area contributed by atoms with Crippen LogP contribution in [0.4, 0.5) is 13.2 Å². The van der Waals surface area contributed by atoms with Gasteiger partial charge in [-0.2, -0.15) is 13.2 Å². The van der Waals surface area contributed by atoms with Crippen molar-refractivity contribution < 1.29 is 27.8 Å². The van der Waals surface area contributed by atoms with Crippen LogP contribution in [0.1, 0.15) is 28.8 Å². The molecule has 1 saturated heterocycles. The van der Waals surface area contributed by atoms with Crippen LogP contribution in [0, 0.1) is 0 Å². The number of hydrogen-bond acceptors (Lipinski definition) is 2. The van der Waals surface area contributed by atoms with E-state index in [1.807, 2.05) is 0 Å². The smallest absolute Gasteiger partial charge is 0.417 e. The van der Waals surface area contributed by atoms with Crippen molar-refractivity contribution in [3.63, 3.8) is 0 Å². The highest BCUT2D eigenvalue weighted by atomic mass is 19.4. The minimum Gasteiger partial charge on any atom is -0.478 e. The zero-order chi connectivity index (χ0) is 17.3. The number of rotatable bonds is 4. The third kappa shape index (κ3) is 3.31. The number of benzene rings is 1. The summed E-state index contributed by atoms with van der Waals surface area (Å²) in [6.07, 6.45) is -1.56. The number of nitrogens with zero attached hydrogens (tertiary/aromatic N) is 1. The molecule has 24 heavy (non-hydrogen) atoms. The van der Waals surface area contributed by atoms with Crippen molar-refractivity contribution in [2.75, 3.05) is 6.61 Å². The molecule has 3 rings (SSSR count). The first kappa shape index (κ1) is 16.6. The molecular formula is C17H16F3NO3. The topological polar surface area (TPSA) is 51.5 Å². The van der Waals surface area contributed by atoms with Crippen LogP contribution in [-0.4, -0.2) is 28.4 Å². The maximum Gasteiger partial charge on any atom is 0.417 e. The van der Waals surface area contributed by atoms with Crippen molar-refractivity contribution in [3.8, 4) is 11.3 Å². The molecule has 1 atom stereocenters. The molecule has 1 aliphatic heterocycles. The predicted molar refractivity (Wildman–Crippen MR) is 80.8 cm³/mol. The summed E-state index contributed by atoms with van der Waals surface area (Å²) in [6.45, 7) is 0.945. The van der Waals surface area contributed by atoms with E-state index in [0.717, 1.165) is 18.9 Å². The van der Waals surface area contributed by atoms with Crippen LogP contribution in [0.3, 0.4) is 0 Å². The highest BCUT2D eigenvalue weighted by Crippen LogP contribution is 2.37. The van der Waals surface area contributed by atoms with Crippen molar-refractivity contribution in [1.82, 2.24) is 4.57 Å². The van der Waals surface area contributed by atoms with Crippen LogP contribution in [0.2, 0.25) is 0 Å². The van der Waals surface area contributed by atoms with Gasteiger partial charge in [0.25, 0.3) is 0 Å². The van der Waals surface area contributed by atoms with Gasteiger partial charge in [-0.3, -0.25) is 0 Å². The van der Waals surface area contributed by atoms with Gasteiger partial charge in [0.2, 0.25) is 0 Å². The number of carbonyl (C=O) groups is 1. The third-order valence-corrected chi connectivity index (χ3v) is 4.08. The molecule has 0 aliphatic carbocycles. The predicted octanol–water partition coefficient (Wildman–Crippen LogP) is 4.05. The number of aromatic nitrogens is 1. The normalized spacial score (nSPS) is 18.0. The summed E-state index contributed by atoms with van der Waals surface area (Å²) >= 11 is 0. The van der Waals surface area contributed by atoms with E-state index in [1.54, 1.807) is 4.57 Å². The van der Waals surface area contributed by atoms with E-state index in [9.17, 15) is 23.1 Å². The van der Waals surface area contributed by atoms with Gasteiger partial charge in [-0.05, 0) is 25.0 Å². The first-order chi connectivity index (χ1) is 11.4. The molecular weight excluding hydrogens is 323 g/mol. The highest BCUT2D eigenvalue weighted by Gasteiger charge is 2.34. The molecule has 1 aliphatic rings. The number of hydrogen-bond donors (Lipinski definition) is 1. The van der Waals surface area contributed by atoms with Crippen LogP contribution in [0.25, 0.3) is 11.3 Å².